The van der Waals surface area contributed by atoms with E-state index in [-0.39, 0.29) is 29.7 Å². The van der Waals surface area contributed by atoms with Crippen LogP contribution >= 0.6 is 11.3 Å². The molecule has 0 aliphatic carbocycles. The van der Waals surface area contributed by atoms with Crippen molar-refractivity contribution in [2.45, 2.75) is 0 Å². The second kappa shape index (κ2) is 10.4. The number of rotatable bonds is 3. The summed E-state index contributed by atoms with van der Waals surface area (Å²) in [5.41, 5.74) is 5.46. The Morgan fingerprint density at radius 1 is 0.404 bits per heavy atom. The molecular formula is C46H28S. The van der Waals surface area contributed by atoms with Crippen LogP contribution in [0, 0.1) is 0 Å². The maximum absolute atomic E-state index is 8.93. The molecule has 0 saturated carbocycles. The highest BCUT2D eigenvalue weighted by molar-refractivity contribution is 7.26. The number of benzene rings is 9. The van der Waals surface area contributed by atoms with Gasteiger partial charge < -0.3 is 0 Å². The molecule has 1 heteroatoms. The Morgan fingerprint density at radius 3 is 1.68 bits per heavy atom. The molecule has 0 amide bonds. The summed E-state index contributed by atoms with van der Waals surface area (Å²) in [6.07, 6.45) is 0. The third kappa shape index (κ3) is 3.94. The molecule has 0 aliphatic heterocycles. The van der Waals surface area contributed by atoms with E-state index in [0.717, 1.165) is 32.7 Å². The van der Waals surface area contributed by atoms with Crippen molar-refractivity contribution in [2.75, 3.05) is 0 Å². The molecule has 0 fully saturated rings. The number of hydrogen-bond acceptors (Lipinski definition) is 1. The van der Waals surface area contributed by atoms with Gasteiger partial charge in [0.15, 0.2) is 0 Å². The zero-order valence-corrected chi connectivity index (χ0v) is 26.0. The van der Waals surface area contributed by atoms with E-state index >= 15 is 0 Å². The summed E-state index contributed by atoms with van der Waals surface area (Å²) in [7, 11) is 0. The summed E-state index contributed by atoms with van der Waals surface area (Å²) < 4.78 is 45.5. The Kier molecular flexibility index (Phi) is 4.84. The summed E-state index contributed by atoms with van der Waals surface area (Å²) >= 11 is 1.82. The standard InChI is InChI=1S/C46H28S/c1-2-14-29(15-3-1)43-34-20-8-10-22-36(34)44(37-23-11-9-21-35(37)43)39-25-13-27-42-45(39)40-26-12-24-38(46(40)47-42)41-28-30-16-4-5-17-31(30)32-18-6-7-19-33(32)41/h1-28H/i1D,2D,3D,14D,15D. The van der Waals surface area contributed by atoms with Gasteiger partial charge in [-0.2, -0.15) is 0 Å². The van der Waals surface area contributed by atoms with Gasteiger partial charge in [0.1, 0.15) is 0 Å². The Labute approximate surface area is 283 Å². The van der Waals surface area contributed by atoms with E-state index in [4.69, 9.17) is 6.85 Å². The van der Waals surface area contributed by atoms with Gasteiger partial charge >= 0.3 is 0 Å². The first kappa shape index (κ1) is 21.9. The van der Waals surface area contributed by atoms with Crippen molar-refractivity contribution >= 4 is 74.6 Å². The van der Waals surface area contributed by atoms with E-state index in [1.807, 2.05) is 47.7 Å². The lowest BCUT2D eigenvalue weighted by Gasteiger charge is -2.18. The SMILES string of the molecule is [2H]c1c([2H])c([2H])c(-c2c3ccccc3c(-c3cccc4sc5c(-c6cc7ccccc7c7ccccc67)cccc5c34)c3ccccc23)c([2H])c1[2H]. The Bertz CT molecular complexity index is 3050. The minimum atomic E-state index is -0.393. The normalized spacial score (nSPS) is 13.3. The molecule has 0 aliphatic rings. The van der Waals surface area contributed by atoms with Crippen LogP contribution in [0.5, 0.6) is 0 Å². The van der Waals surface area contributed by atoms with E-state index in [2.05, 4.69) is 103 Å². The molecule has 1 heterocycles. The summed E-state index contributed by atoms with van der Waals surface area (Å²) in [4.78, 5) is 0. The van der Waals surface area contributed by atoms with Crippen LogP contribution in [0.1, 0.15) is 6.85 Å². The molecule has 0 bridgehead atoms. The number of hydrogen-bond donors (Lipinski definition) is 0. The van der Waals surface area contributed by atoms with Gasteiger partial charge in [0.25, 0.3) is 0 Å². The Hall–Kier alpha value is -5.76. The fourth-order valence-corrected chi connectivity index (χ4v) is 8.86. The highest BCUT2D eigenvalue weighted by atomic mass is 32.1. The van der Waals surface area contributed by atoms with E-state index < -0.39 is 6.04 Å². The van der Waals surface area contributed by atoms with Crippen molar-refractivity contribution in [1.82, 2.24) is 0 Å². The molecule has 0 saturated heterocycles. The quantitative estimate of drug-likeness (QED) is 0.137. The first-order valence-electron chi connectivity index (χ1n) is 18.3. The average molecular weight is 618 g/mol. The smallest absolute Gasteiger partial charge is 0.0629 e. The van der Waals surface area contributed by atoms with Gasteiger partial charge in [-0.3, -0.25) is 0 Å². The zero-order valence-electron chi connectivity index (χ0n) is 30.2. The maximum Gasteiger partial charge on any atom is 0.0629 e. The molecule has 0 spiro atoms. The van der Waals surface area contributed by atoms with E-state index in [1.165, 1.54) is 52.8 Å². The van der Waals surface area contributed by atoms with Crippen molar-refractivity contribution in [3.63, 3.8) is 0 Å². The maximum atomic E-state index is 8.93. The Morgan fingerprint density at radius 2 is 0.957 bits per heavy atom. The molecule has 0 radical (unpaired) electrons. The van der Waals surface area contributed by atoms with Gasteiger partial charge in [-0.1, -0.05) is 158 Å². The van der Waals surface area contributed by atoms with Crippen LogP contribution in [0.4, 0.5) is 0 Å². The fraction of sp³-hybridized carbons (Fsp3) is 0. The van der Waals surface area contributed by atoms with Crippen molar-refractivity contribution in [2.24, 2.45) is 0 Å². The van der Waals surface area contributed by atoms with Gasteiger partial charge in [0.2, 0.25) is 0 Å². The Balaban J connectivity index is 1.31. The molecule has 10 aromatic rings. The molecule has 9 aromatic carbocycles. The topological polar surface area (TPSA) is 0 Å². The van der Waals surface area contributed by atoms with Crippen molar-refractivity contribution < 1.29 is 6.85 Å². The minimum absolute atomic E-state index is 0.200. The van der Waals surface area contributed by atoms with Crippen LogP contribution in [-0.2, 0) is 0 Å². The monoisotopic (exact) mass is 617 g/mol. The summed E-state index contributed by atoms with van der Waals surface area (Å²) in [6, 6.07) is 47.5. The first-order chi connectivity index (χ1) is 25.4. The second-order valence-corrected chi connectivity index (χ2v) is 13.0. The number of fused-ring (bicyclic) bond motifs is 8. The summed E-state index contributed by atoms with van der Waals surface area (Å²) in [6.45, 7) is 0. The van der Waals surface area contributed by atoms with Crippen molar-refractivity contribution in [3.05, 3.63) is 170 Å². The van der Waals surface area contributed by atoms with Gasteiger partial charge in [-0.05, 0) is 83.0 Å². The predicted molar refractivity (Wildman–Crippen MR) is 206 cm³/mol. The minimum Gasteiger partial charge on any atom is -0.135 e. The molecule has 218 valence electrons. The lowest BCUT2D eigenvalue weighted by Crippen LogP contribution is -1.91. The van der Waals surface area contributed by atoms with Crippen molar-refractivity contribution in [3.8, 4) is 33.4 Å². The van der Waals surface area contributed by atoms with E-state index in [9.17, 15) is 0 Å². The van der Waals surface area contributed by atoms with Gasteiger partial charge in [-0.25, -0.2) is 0 Å². The molecular weight excluding hydrogens is 585 g/mol. The zero-order chi connectivity index (χ0) is 35.2. The highest BCUT2D eigenvalue weighted by Gasteiger charge is 2.21. The van der Waals surface area contributed by atoms with Crippen LogP contribution in [0.2, 0.25) is 0 Å². The molecule has 0 atom stereocenters. The molecule has 10 rings (SSSR count). The van der Waals surface area contributed by atoms with Gasteiger partial charge in [0.05, 0.1) is 6.85 Å². The second-order valence-electron chi connectivity index (χ2n) is 12.0. The molecule has 47 heavy (non-hydrogen) atoms. The molecule has 0 nitrogen and oxygen atoms in total. The van der Waals surface area contributed by atoms with Crippen LogP contribution in [0.15, 0.2) is 170 Å². The molecule has 0 unspecified atom stereocenters. The largest absolute Gasteiger partial charge is 0.135 e. The van der Waals surface area contributed by atoms with Gasteiger partial charge in [-0.15, -0.1) is 11.3 Å². The van der Waals surface area contributed by atoms with Crippen LogP contribution in [0.25, 0.3) is 96.6 Å². The van der Waals surface area contributed by atoms with Crippen LogP contribution in [0.3, 0.4) is 0 Å². The number of thiophene rings is 1. The fourth-order valence-electron chi connectivity index (χ4n) is 7.61. The van der Waals surface area contributed by atoms with E-state index in [1.54, 1.807) is 0 Å². The first-order valence-corrected chi connectivity index (χ1v) is 16.6. The summed E-state index contributed by atoms with van der Waals surface area (Å²) in [5.74, 6) is 0. The van der Waals surface area contributed by atoms with E-state index in [0.29, 0.717) is 5.56 Å². The van der Waals surface area contributed by atoms with Crippen LogP contribution < -0.4 is 0 Å². The molecule has 1 aromatic heterocycles. The average Bonchev–Trinajstić information content (AvgIpc) is 3.58. The van der Waals surface area contributed by atoms with Gasteiger partial charge in [0, 0.05) is 25.7 Å². The molecule has 0 N–H and O–H groups in total. The third-order valence-corrected chi connectivity index (χ3v) is 10.7. The lowest BCUT2D eigenvalue weighted by molar-refractivity contribution is 1.67. The third-order valence-electron chi connectivity index (χ3n) is 9.53. The van der Waals surface area contributed by atoms with Crippen LogP contribution in [-0.4, -0.2) is 0 Å². The predicted octanol–water partition coefficient (Wildman–Crippen LogP) is 13.7. The lowest BCUT2D eigenvalue weighted by atomic mass is 9.85. The van der Waals surface area contributed by atoms with Crippen molar-refractivity contribution in [1.29, 1.82) is 0 Å². The summed E-state index contributed by atoms with van der Waals surface area (Å²) in [5, 5.41) is 10.9. The highest BCUT2D eigenvalue weighted by Crippen LogP contribution is 2.49.